The molecule has 0 saturated heterocycles. The van der Waals surface area contributed by atoms with Gasteiger partial charge >= 0.3 is 0 Å². The molecule has 0 radical (unpaired) electrons. The molecule has 0 aromatic heterocycles. The van der Waals surface area contributed by atoms with Gasteiger partial charge in [-0.2, -0.15) is 0 Å². The molecule has 0 aromatic rings. The molecular formula is C15H31N. The number of hydrogen-bond donors (Lipinski definition) is 1. The number of hydrogen-bond acceptors (Lipinski definition) is 1. The lowest BCUT2D eigenvalue weighted by Crippen LogP contribution is -2.47. The number of nitrogens with one attached hydrogen (secondary N) is 1. The van der Waals surface area contributed by atoms with Gasteiger partial charge in [0.2, 0.25) is 0 Å². The molecule has 0 aromatic carbocycles. The van der Waals surface area contributed by atoms with Crippen molar-refractivity contribution in [1.29, 1.82) is 0 Å². The van der Waals surface area contributed by atoms with E-state index in [1.807, 2.05) is 0 Å². The summed E-state index contributed by atoms with van der Waals surface area (Å²) in [4.78, 5) is 0. The van der Waals surface area contributed by atoms with Gasteiger partial charge in [-0.25, -0.2) is 0 Å². The second-order valence-corrected chi connectivity index (χ2v) is 6.60. The standard InChI is InChI=1S/C15H31N/c1-6-12-9-8-10-13(11-12)14(16-7-2)15(3,4)5/h12-14,16H,6-11H2,1-5H3. The van der Waals surface area contributed by atoms with Crippen molar-refractivity contribution in [2.24, 2.45) is 17.3 Å². The van der Waals surface area contributed by atoms with Crippen molar-refractivity contribution in [3.63, 3.8) is 0 Å². The lowest BCUT2D eigenvalue weighted by Gasteiger charge is -2.41. The minimum atomic E-state index is 0.399. The van der Waals surface area contributed by atoms with Gasteiger partial charge in [0.25, 0.3) is 0 Å². The predicted octanol–water partition coefficient (Wildman–Crippen LogP) is 4.23. The summed E-state index contributed by atoms with van der Waals surface area (Å²) in [6.45, 7) is 12.8. The van der Waals surface area contributed by atoms with E-state index in [0.717, 1.165) is 18.4 Å². The molecule has 3 atom stereocenters. The SMILES string of the molecule is CCNC(C1CCCC(CC)C1)C(C)(C)C. The van der Waals surface area contributed by atoms with Gasteiger partial charge in [0.05, 0.1) is 0 Å². The van der Waals surface area contributed by atoms with Crippen LogP contribution >= 0.6 is 0 Å². The Hall–Kier alpha value is -0.0400. The Labute approximate surface area is 102 Å². The van der Waals surface area contributed by atoms with Crippen LogP contribution in [0.2, 0.25) is 0 Å². The van der Waals surface area contributed by atoms with Crippen LogP contribution < -0.4 is 5.32 Å². The Morgan fingerprint density at radius 3 is 2.38 bits per heavy atom. The fourth-order valence-electron chi connectivity index (χ4n) is 3.41. The highest BCUT2D eigenvalue weighted by Gasteiger charge is 2.34. The highest BCUT2D eigenvalue weighted by molar-refractivity contribution is 4.89. The van der Waals surface area contributed by atoms with E-state index in [4.69, 9.17) is 0 Å². The molecule has 1 fully saturated rings. The molecule has 1 aliphatic rings. The van der Waals surface area contributed by atoms with Crippen LogP contribution in [0.5, 0.6) is 0 Å². The summed E-state index contributed by atoms with van der Waals surface area (Å²) >= 11 is 0. The molecule has 0 amide bonds. The summed E-state index contributed by atoms with van der Waals surface area (Å²) < 4.78 is 0. The lowest BCUT2D eigenvalue weighted by atomic mass is 9.70. The topological polar surface area (TPSA) is 12.0 Å². The van der Waals surface area contributed by atoms with Crippen LogP contribution in [0, 0.1) is 17.3 Å². The number of rotatable bonds is 4. The average molecular weight is 225 g/mol. The summed E-state index contributed by atoms with van der Waals surface area (Å²) in [6, 6.07) is 0.701. The van der Waals surface area contributed by atoms with Gasteiger partial charge < -0.3 is 5.32 Å². The van der Waals surface area contributed by atoms with Crippen LogP contribution in [0.4, 0.5) is 0 Å². The van der Waals surface area contributed by atoms with Crippen LogP contribution in [0.15, 0.2) is 0 Å². The van der Waals surface area contributed by atoms with Crippen molar-refractivity contribution >= 4 is 0 Å². The van der Waals surface area contributed by atoms with Crippen molar-refractivity contribution in [3.05, 3.63) is 0 Å². The molecule has 1 aliphatic carbocycles. The Morgan fingerprint density at radius 2 is 1.88 bits per heavy atom. The van der Waals surface area contributed by atoms with Gasteiger partial charge in [0.1, 0.15) is 0 Å². The quantitative estimate of drug-likeness (QED) is 0.755. The molecule has 1 rings (SSSR count). The third kappa shape index (κ3) is 3.76. The van der Waals surface area contributed by atoms with Gasteiger partial charge in [0, 0.05) is 6.04 Å². The first kappa shape index (κ1) is 14.0. The Morgan fingerprint density at radius 1 is 1.19 bits per heavy atom. The molecule has 0 bridgehead atoms. The molecule has 16 heavy (non-hydrogen) atoms. The van der Waals surface area contributed by atoms with Crippen molar-refractivity contribution in [1.82, 2.24) is 5.32 Å². The molecule has 96 valence electrons. The van der Waals surface area contributed by atoms with Crippen LogP contribution in [0.25, 0.3) is 0 Å². The van der Waals surface area contributed by atoms with Gasteiger partial charge in [-0.1, -0.05) is 53.9 Å². The fourth-order valence-corrected chi connectivity index (χ4v) is 3.41. The van der Waals surface area contributed by atoms with Gasteiger partial charge in [-0.3, -0.25) is 0 Å². The summed E-state index contributed by atoms with van der Waals surface area (Å²) in [7, 11) is 0. The third-order valence-corrected chi connectivity index (χ3v) is 4.23. The molecule has 1 N–H and O–H groups in total. The third-order valence-electron chi connectivity index (χ3n) is 4.23. The van der Waals surface area contributed by atoms with Gasteiger partial charge in [-0.05, 0) is 36.6 Å². The smallest absolute Gasteiger partial charge is 0.0144 e. The first-order valence-corrected chi connectivity index (χ1v) is 7.22. The first-order chi connectivity index (χ1) is 7.49. The maximum absolute atomic E-state index is 3.74. The molecule has 0 aliphatic heterocycles. The zero-order chi connectivity index (χ0) is 12.2. The Balaban J connectivity index is 2.63. The molecule has 1 heteroatoms. The van der Waals surface area contributed by atoms with Crippen LogP contribution in [-0.4, -0.2) is 12.6 Å². The molecule has 0 spiro atoms. The maximum Gasteiger partial charge on any atom is 0.0144 e. The van der Waals surface area contributed by atoms with E-state index in [0.29, 0.717) is 11.5 Å². The van der Waals surface area contributed by atoms with Crippen molar-refractivity contribution in [2.75, 3.05) is 6.54 Å². The van der Waals surface area contributed by atoms with E-state index >= 15 is 0 Å². The Bertz CT molecular complexity index is 192. The summed E-state index contributed by atoms with van der Waals surface area (Å²) in [5.74, 6) is 1.89. The highest BCUT2D eigenvalue weighted by Crippen LogP contribution is 2.38. The van der Waals surface area contributed by atoms with E-state index in [-0.39, 0.29) is 0 Å². The van der Waals surface area contributed by atoms with Crippen LogP contribution in [0.1, 0.15) is 66.7 Å². The van der Waals surface area contributed by atoms with Crippen molar-refractivity contribution < 1.29 is 0 Å². The highest BCUT2D eigenvalue weighted by atomic mass is 14.9. The van der Waals surface area contributed by atoms with Crippen molar-refractivity contribution in [3.8, 4) is 0 Å². The zero-order valence-corrected chi connectivity index (χ0v) is 12.0. The summed E-state index contributed by atoms with van der Waals surface area (Å²) in [5, 5.41) is 3.74. The molecule has 3 unspecified atom stereocenters. The summed E-state index contributed by atoms with van der Waals surface area (Å²) in [5.41, 5.74) is 0.399. The molecule has 1 nitrogen and oxygen atoms in total. The molecule has 1 saturated carbocycles. The zero-order valence-electron chi connectivity index (χ0n) is 12.0. The normalized spacial score (nSPS) is 29.1. The molecule has 0 heterocycles. The maximum atomic E-state index is 3.74. The fraction of sp³-hybridized carbons (Fsp3) is 1.00. The molecular weight excluding hydrogens is 194 g/mol. The van der Waals surface area contributed by atoms with E-state index in [2.05, 4.69) is 39.9 Å². The van der Waals surface area contributed by atoms with E-state index in [9.17, 15) is 0 Å². The summed E-state index contributed by atoms with van der Waals surface area (Å²) in [6.07, 6.45) is 7.17. The largest absolute Gasteiger partial charge is 0.313 e. The minimum absolute atomic E-state index is 0.399. The first-order valence-electron chi connectivity index (χ1n) is 7.22. The van der Waals surface area contributed by atoms with Crippen molar-refractivity contribution in [2.45, 2.75) is 72.8 Å². The van der Waals surface area contributed by atoms with E-state index in [1.54, 1.807) is 0 Å². The van der Waals surface area contributed by atoms with Crippen LogP contribution in [-0.2, 0) is 0 Å². The second kappa shape index (κ2) is 6.05. The minimum Gasteiger partial charge on any atom is -0.313 e. The van der Waals surface area contributed by atoms with Gasteiger partial charge in [0.15, 0.2) is 0 Å². The average Bonchev–Trinajstić information content (AvgIpc) is 2.24. The van der Waals surface area contributed by atoms with E-state index in [1.165, 1.54) is 32.1 Å². The Kier molecular flexibility index (Phi) is 5.30. The van der Waals surface area contributed by atoms with Crippen LogP contribution in [0.3, 0.4) is 0 Å². The predicted molar refractivity (Wildman–Crippen MR) is 72.7 cm³/mol. The monoisotopic (exact) mass is 225 g/mol. The van der Waals surface area contributed by atoms with E-state index < -0.39 is 0 Å². The lowest BCUT2D eigenvalue weighted by molar-refractivity contribution is 0.132. The second-order valence-electron chi connectivity index (χ2n) is 6.60. The van der Waals surface area contributed by atoms with Gasteiger partial charge in [-0.15, -0.1) is 0 Å².